The molecule has 1 aliphatic rings. The minimum Gasteiger partial charge on any atom is -0.497 e. The fourth-order valence-electron chi connectivity index (χ4n) is 3.66. The van der Waals surface area contributed by atoms with Crippen molar-refractivity contribution in [3.05, 3.63) is 59.7 Å². The van der Waals surface area contributed by atoms with Crippen molar-refractivity contribution >= 4 is 17.5 Å². The zero-order valence-electron chi connectivity index (χ0n) is 16.5. The van der Waals surface area contributed by atoms with Crippen molar-refractivity contribution in [1.29, 1.82) is 0 Å². The Morgan fingerprint density at radius 1 is 0.964 bits per heavy atom. The van der Waals surface area contributed by atoms with E-state index in [0.717, 1.165) is 48.2 Å². The molecule has 0 aromatic heterocycles. The van der Waals surface area contributed by atoms with Crippen LogP contribution in [0.5, 0.6) is 5.75 Å². The zero-order chi connectivity index (χ0) is 19.9. The molecule has 2 aromatic rings. The van der Waals surface area contributed by atoms with E-state index in [-0.39, 0.29) is 23.7 Å². The molecule has 2 amide bonds. The number of hydrogen-bond donors (Lipinski definition) is 2. The van der Waals surface area contributed by atoms with Crippen LogP contribution in [0.1, 0.15) is 36.8 Å². The number of benzene rings is 2. The summed E-state index contributed by atoms with van der Waals surface area (Å²) in [6.07, 6.45) is 3.00. The predicted octanol–water partition coefficient (Wildman–Crippen LogP) is 4.06. The molecular formula is C23H28N2O3. The number of rotatable bonds is 6. The molecule has 0 unspecified atom stereocenters. The summed E-state index contributed by atoms with van der Waals surface area (Å²) in [5, 5.41) is 6.02. The Balaban J connectivity index is 1.43. The van der Waals surface area contributed by atoms with Crippen molar-refractivity contribution < 1.29 is 14.3 Å². The van der Waals surface area contributed by atoms with E-state index in [1.807, 2.05) is 55.5 Å². The van der Waals surface area contributed by atoms with Gasteiger partial charge in [0.15, 0.2) is 0 Å². The maximum absolute atomic E-state index is 12.5. The van der Waals surface area contributed by atoms with Gasteiger partial charge in [0.05, 0.1) is 7.11 Å². The Labute approximate surface area is 166 Å². The number of anilines is 1. The summed E-state index contributed by atoms with van der Waals surface area (Å²) in [7, 11) is 1.63. The molecule has 2 aromatic carbocycles. The van der Waals surface area contributed by atoms with Gasteiger partial charge in [-0.3, -0.25) is 9.59 Å². The summed E-state index contributed by atoms with van der Waals surface area (Å²) < 4.78 is 5.14. The van der Waals surface area contributed by atoms with E-state index in [1.165, 1.54) is 0 Å². The van der Waals surface area contributed by atoms with Gasteiger partial charge in [-0.25, -0.2) is 0 Å². The number of carbonyl (C=O) groups is 2. The Bertz CT molecular complexity index is 809. The second-order valence-corrected chi connectivity index (χ2v) is 7.47. The van der Waals surface area contributed by atoms with E-state index in [0.29, 0.717) is 6.54 Å². The molecule has 0 heterocycles. The van der Waals surface area contributed by atoms with Gasteiger partial charge in [-0.15, -0.1) is 0 Å². The predicted molar refractivity (Wildman–Crippen MR) is 110 cm³/mol. The maximum atomic E-state index is 12.5. The van der Waals surface area contributed by atoms with Gasteiger partial charge >= 0.3 is 0 Å². The van der Waals surface area contributed by atoms with Gasteiger partial charge in [0.1, 0.15) is 5.75 Å². The molecule has 0 atom stereocenters. The first-order chi connectivity index (χ1) is 13.5. The van der Waals surface area contributed by atoms with Gasteiger partial charge < -0.3 is 15.4 Å². The minimum atomic E-state index is -0.0221. The lowest BCUT2D eigenvalue weighted by molar-refractivity contribution is -0.128. The number of aryl methyl sites for hydroxylation is 1. The number of nitrogens with one attached hydrogen (secondary N) is 2. The van der Waals surface area contributed by atoms with Crippen molar-refractivity contribution in [1.82, 2.24) is 5.32 Å². The summed E-state index contributed by atoms with van der Waals surface area (Å²) in [4.78, 5) is 25.0. The molecule has 3 rings (SSSR count). The molecule has 5 heteroatoms. The number of amides is 2. The molecule has 0 radical (unpaired) electrons. The van der Waals surface area contributed by atoms with E-state index in [4.69, 9.17) is 4.74 Å². The molecule has 0 saturated heterocycles. The summed E-state index contributed by atoms with van der Waals surface area (Å²) in [5.74, 6) is 0.904. The monoisotopic (exact) mass is 380 g/mol. The van der Waals surface area contributed by atoms with E-state index < -0.39 is 0 Å². The lowest BCUT2D eigenvalue weighted by atomic mass is 9.81. The third kappa shape index (κ3) is 5.35. The third-order valence-corrected chi connectivity index (χ3v) is 5.38. The van der Waals surface area contributed by atoms with Crippen LogP contribution in [0.25, 0.3) is 0 Å². The van der Waals surface area contributed by atoms with Crippen LogP contribution in [0.3, 0.4) is 0 Å². The van der Waals surface area contributed by atoms with Gasteiger partial charge in [0.2, 0.25) is 11.8 Å². The Hall–Kier alpha value is -2.82. The van der Waals surface area contributed by atoms with Crippen LogP contribution in [-0.2, 0) is 16.1 Å². The highest BCUT2D eigenvalue weighted by atomic mass is 16.5. The van der Waals surface area contributed by atoms with E-state index in [9.17, 15) is 9.59 Å². The molecule has 0 aliphatic heterocycles. The van der Waals surface area contributed by atoms with Gasteiger partial charge in [-0.05, 0) is 68.0 Å². The quantitative estimate of drug-likeness (QED) is 0.794. The summed E-state index contributed by atoms with van der Waals surface area (Å²) in [5.41, 5.74) is 3.00. The number of methoxy groups -OCH3 is 1. The van der Waals surface area contributed by atoms with Crippen LogP contribution in [0.2, 0.25) is 0 Å². The standard InChI is InChI=1S/C23H28N2O3/c1-16-4-3-5-20(14-16)25-23(27)19-10-8-18(9-11-19)22(26)24-15-17-6-12-21(28-2)13-7-17/h3-7,12-14,18-19H,8-11,15H2,1-2H3,(H,24,26)(H,25,27). The fourth-order valence-corrected chi connectivity index (χ4v) is 3.66. The summed E-state index contributed by atoms with van der Waals surface area (Å²) >= 11 is 0. The summed E-state index contributed by atoms with van der Waals surface area (Å²) in [6.45, 7) is 2.52. The van der Waals surface area contributed by atoms with Crippen LogP contribution >= 0.6 is 0 Å². The Morgan fingerprint density at radius 3 is 2.21 bits per heavy atom. The number of carbonyl (C=O) groups excluding carboxylic acids is 2. The number of hydrogen-bond acceptors (Lipinski definition) is 3. The van der Waals surface area contributed by atoms with E-state index in [1.54, 1.807) is 7.11 Å². The van der Waals surface area contributed by atoms with Crippen LogP contribution in [0, 0.1) is 18.8 Å². The zero-order valence-corrected chi connectivity index (χ0v) is 16.5. The van der Waals surface area contributed by atoms with Gasteiger partial charge in [0, 0.05) is 24.1 Å². The van der Waals surface area contributed by atoms with Crippen LogP contribution in [-0.4, -0.2) is 18.9 Å². The lowest BCUT2D eigenvalue weighted by Gasteiger charge is -2.27. The molecule has 1 aliphatic carbocycles. The van der Waals surface area contributed by atoms with Crippen LogP contribution in [0.4, 0.5) is 5.69 Å². The second kappa shape index (κ2) is 9.40. The first-order valence-electron chi connectivity index (χ1n) is 9.83. The van der Waals surface area contributed by atoms with Crippen molar-refractivity contribution in [2.45, 2.75) is 39.2 Å². The Kier molecular flexibility index (Phi) is 6.69. The highest BCUT2D eigenvalue weighted by molar-refractivity contribution is 5.92. The van der Waals surface area contributed by atoms with E-state index in [2.05, 4.69) is 10.6 Å². The van der Waals surface area contributed by atoms with Gasteiger partial charge in [-0.1, -0.05) is 24.3 Å². The first-order valence-corrected chi connectivity index (χ1v) is 9.83. The van der Waals surface area contributed by atoms with Crippen molar-refractivity contribution in [2.24, 2.45) is 11.8 Å². The molecule has 28 heavy (non-hydrogen) atoms. The largest absolute Gasteiger partial charge is 0.497 e. The fraction of sp³-hybridized carbons (Fsp3) is 0.391. The van der Waals surface area contributed by atoms with Crippen molar-refractivity contribution in [3.63, 3.8) is 0 Å². The SMILES string of the molecule is COc1ccc(CNC(=O)C2CCC(C(=O)Nc3cccc(C)c3)CC2)cc1. The highest BCUT2D eigenvalue weighted by Gasteiger charge is 2.29. The highest BCUT2D eigenvalue weighted by Crippen LogP contribution is 2.30. The molecule has 1 saturated carbocycles. The molecule has 2 N–H and O–H groups in total. The molecular weight excluding hydrogens is 352 g/mol. The van der Waals surface area contributed by atoms with Gasteiger partial charge in [-0.2, -0.15) is 0 Å². The third-order valence-electron chi connectivity index (χ3n) is 5.38. The minimum absolute atomic E-state index is 0.0127. The average Bonchev–Trinajstić information content (AvgIpc) is 2.72. The summed E-state index contributed by atoms with van der Waals surface area (Å²) in [6, 6.07) is 15.5. The lowest BCUT2D eigenvalue weighted by Crippen LogP contribution is -2.35. The average molecular weight is 380 g/mol. The van der Waals surface area contributed by atoms with Crippen molar-refractivity contribution in [3.8, 4) is 5.75 Å². The molecule has 148 valence electrons. The Morgan fingerprint density at radius 2 is 1.61 bits per heavy atom. The number of ether oxygens (including phenoxy) is 1. The first kappa shape index (κ1) is 19.9. The van der Waals surface area contributed by atoms with Crippen LogP contribution < -0.4 is 15.4 Å². The normalized spacial score (nSPS) is 18.9. The molecule has 5 nitrogen and oxygen atoms in total. The molecule has 0 spiro atoms. The second-order valence-electron chi connectivity index (χ2n) is 7.47. The smallest absolute Gasteiger partial charge is 0.227 e. The van der Waals surface area contributed by atoms with Crippen molar-refractivity contribution in [2.75, 3.05) is 12.4 Å². The van der Waals surface area contributed by atoms with Gasteiger partial charge in [0.25, 0.3) is 0 Å². The van der Waals surface area contributed by atoms with Crippen LogP contribution in [0.15, 0.2) is 48.5 Å². The molecule has 1 fully saturated rings. The molecule has 0 bridgehead atoms. The topological polar surface area (TPSA) is 67.4 Å². The van der Waals surface area contributed by atoms with E-state index >= 15 is 0 Å². The maximum Gasteiger partial charge on any atom is 0.227 e.